The highest BCUT2D eigenvalue weighted by Gasteiger charge is 2.38. The summed E-state index contributed by atoms with van der Waals surface area (Å²) in [5, 5.41) is 17.2. The first-order valence-electron chi connectivity index (χ1n) is 10.5. The highest BCUT2D eigenvalue weighted by Crippen LogP contribution is 2.17. The van der Waals surface area contributed by atoms with Crippen molar-refractivity contribution >= 4 is 33.8 Å². The van der Waals surface area contributed by atoms with Crippen LogP contribution in [-0.2, 0) is 16.1 Å². The van der Waals surface area contributed by atoms with Crippen LogP contribution in [0.2, 0.25) is 0 Å². The zero-order valence-electron chi connectivity index (χ0n) is 19.1. The van der Waals surface area contributed by atoms with Crippen molar-refractivity contribution in [3.05, 3.63) is 68.9 Å². The number of aromatic amines is 2. The summed E-state index contributed by atoms with van der Waals surface area (Å²) in [6.07, 6.45) is -3.41. The van der Waals surface area contributed by atoms with E-state index in [1.165, 1.54) is 12.1 Å². The molecule has 0 radical (unpaired) electrons. The number of rotatable bonds is 6. The number of nitrogens with zero attached hydrogens (tertiary/aromatic N) is 4. The minimum Gasteiger partial charge on any atom is -0.484 e. The van der Waals surface area contributed by atoms with E-state index in [2.05, 4.69) is 25.4 Å². The smallest absolute Gasteiger partial charge is 0.484 e. The lowest BCUT2D eigenvalue weighted by molar-refractivity contribution is -0.192. The number of fused-ring (bicyclic) bond motifs is 2. The van der Waals surface area contributed by atoms with Gasteiger partial charge in [0.1, 0.15) is 5.75 Å². The predicted molar refractivity (Wildman–Crippen MR) is 123 cm³/mol. The molecule has 0 unspecified atom stereocenters. The van der Waals surface area contributed by atoms with E-state index in [0.717, 1.165) is 5.69 Å². The maximum absolute atomic E-state index is 12.6. The molecule has 194 valence electrons. The first kappa shape index (κ1) is 26.8. The molecule has 15 heteroatoms. The molecule has 4 rings (SSSR count). The van der Waals surface area contributed by atoms with E-state index >= 15 is 0 Å². The molecule has 0 aliphatic carbocycles. The monoisotopic (exact) mass is 520 g/mol. The summed E-state index contributed by atoms with van der Waals surface area (Å²) in [7, 11) is 0. The number of aromatic nitrogens is 5. The molecule has 0 aliphatic rings. The lowest BCUT2D eigenvalue weighted by atomic mass is 10.2. The van der Waals surface area contributed by atoms with Gasteiger partial charge in [0.15, 0.2) is 17.6 Å². The van der Waals surface area contributed by atoms with Crippen LogP contribution in [0, 0.1) is 0 Å². The number of amides is 1. The van der Waals surface area contributed by atoms with Crippen molar-refractivity contribution in [2.75, 3.05) is 13.2 Å². The van der Waals surface area contributed by atoms with Gasteiger partial charge < -0.3 is 19.7 Å². The lowest BCUT2D eigenvalue weighted by Crippen LogP contribution is -2.34. The third-order valence-corrected chi connectivity index (χ3v) is 4.88. The molecule has 4 aromatic rings. The second kappa shape index (κ2) is 11.3. The van der Waals surface area contributed by atoms with Crippen molar-refractivity contribution in [2.45, 2.75) is 19.6 Å². The molecule has 1 amide bonds. The number of pyridine rings is 1. The van der Waals surface area contributed by atoms with E-state index in [0.29, 0.717) is 18.8 Å². The fraction of sp³-hybridized carbons (Fsp3) is 0.227. The first-order chi connectivity index (χ1) is 17.5. The summed E-state index contributed by atoms with van der Waals surface area (Å²) >= 11 is 0. The number of likely N-dealkylation sites (N-methyl/N-ethyl adjacent to an activating group) is 1. The van der Waals surface area contributed by atoms with E-state index in [1.807, 2.05) is 25.1 Å². The number of alkyl halides is 3. The number of halogens is 3. The Bertz CT molecular complexity index is 1540. The van der Waals surface area contributed by atoms with Crippen LogP contribution in [0.4, 0.5) is 13.2 Å². The van der Waals surface area contributed by atoms with Crippen LogP contribution in [0.1, 0.15) is 12.6 Å². The molecule has 3 heterocycles. The number of carboxylic acids is 1. The van der Waals surface area contributed by atoms with Gasteiger partial charge in [0.05, 0.1) is 17.8 Å². The van der Waals surface area contributed by atoms with E-state index in [4.69, 9.17) is 14.6 Å². The number of ether oxygens (including phenoxy) is 1. The van der Waals surface area contributed by atoms with Crippen LogP contribution in [0.25, 0.3) is 21.9 Å². The number of benzene rings is 1. The SMILES string of the molecule is CCN(Cc1ccccn1)C(=O)COc1ccc2c(=O)c3n[nH]nc3c(=O)[nH]c2c1.O=C(O)C(F)(F)F. The second-order valence-corrected chi connectivity index (χ2v) is 7.33. The third-order valence-electron chi connectivity index (χ3n) is 4.88. The van der Waals surface area contributed by atoms with Gasteiger partial charge in [-0.25, -0.2) is 4.79 Å². The van der Waals surface area contributed by atoms with Crippen LogP contribution in [0.5, 0.6) is 5.75 Å². The molecule has 0 spiro atoms. The molecular formula is C22H19F3N6O6. The van der Waals surface area contributed by atoms with E-state index < -0.39 is 23.1 Å². The molecule has 3 aromatic heterocycles. The summed E-state index contributed by atoms with van der Waals surface area (Å²) < 4.78 is 37.3. The van der Waals surface area contributed by atoms with Crippen molar-refractivity contribution in [3.8, 4) is 5.75 Å². The standard InChI is InChI=1S/C20H18N6O4.C2HF3O2/c1-2-26(10-12-5-3-4-8-21-12)16(27)11-30-13-6-7-14-15(9-13)22-20(29)18-17(19(14)28)23-25-24-18;3-2(4,5)1(6)7/h3-9H,2,10-11H2,1H3,(H,22,29)(H,23,24,25);(H,6,7). The third kappa shape index (κ3) is 6.65. The van der Waals surface area contributed by atoms with Crippen LogP contribution < -0.4 is 15.7 Å². The molecule has 0 aliphatic heterocycles. The largest absolute Gasteiger partial charge is 0.490 e. The highest BCUT2D eigenvalue weighted by molar-refractivity contribution is 5.87. The normalized spacial score (nSPS) is 11.0. The molecular weight excluding hydrogens is 501 g/mol. The van der Waals surface area contributed by atoms with Crippen LogP contribution in [0.15, 0.2) is 52.2 Å². The van der Waals surface area contributed by atoms with Crippen LogP contribution in [-0.4, -0.2) is 66.6 Å². The Kier molecular flexibility index (Phi) is 8.16. The van der Waals surface area contributed by atoms with Gasteiger partial charge in [-0.3, -0.25) is 19.4 Å². The highest BCUT2D eigenvalue weighted by atomic mass is 19.4. The van der Waals surface area contributed by atoms with Gasteiger partial charge >= 0.3 is 12.1 Å². The average Bonchev–Trinajstić information content (AvgIpc) is 3.33. The molecule has 0 atom stereocenters. The van der Waals surface area contributed by atoms with E-state index in [1.54, 1.807) is 17.2 Å². The molecule has 0 bridgehead atoms. The Morgan fingerprint density at radius 3 is 2.43 bits per heavy atom. The van der Waals surface area contributed by atoms with Gasteiger partial charge in [-0.1, -0.05) is 6.07 Å². The summed E-state index contributed by atoms with van der Waals surface area (Å²) in [6.45, 7) is 2.57. The summed E-state index contributed by atoms with van der Waals surface area (Å²) in [5.74, 6) is -2.62. The van der Waals surface area contributed by atoms with Crippen molar-refractivity contribution in [1.82, 2.24) is 30.3 Å². The minimum absolute atomic E-state index is 0.0387. The Balaban J connectivity index is 0.000000479. The number of H-pyrrole nitrogens is 2. The van der Waals surface area contributed by atoms with Crippen molar-refractivity contribution in [2.24, 2.45) is 0 Å². The lowest BCUT2D eigenvalue weighted by Gasteiger charge is -2.20. The summed E-state index contributed by atoms with van der Waals surface area (Å²) in [5.41, 5.74) is -0.0283. The molecule has 12 nitrogen and oxygen atoms in total. The second-order valence-electron chi connectivity index (χ2n) is 7.33. The number of nitrogens with one attached hydrogen (secondary N) is 2. The van der Waals surface area contributed by atoms with E-state index in [9.17, 15) is 27.6 Å². The maximum atomic E-state index is 12.6. The maximum Gasteiger partial charge on any atom is 0.490 e. The van der Waals surface area contributed by atoms with Crippen molar-refractivity contribution in [3.63, 3.8) is 0 Å². The van der Waals surface area contributed by atoms with Gasteiger partial charge in [-0.2, -0.15) is 28.6 Å². The topological polar surface area (TPSA) is 171 Å². The van der Waals surface area contributed by atoms with Gasteiger partial charge in [-0.15, -0.1) is 0 Å². The van der Waals surface area contributed by atoms with Crippen molar-refractivity contribution < 1.29 is 32.6 Å². The van der Waals surface area contributed by atoms with Crippen molar-refractivity contribution in [1.29, 1.82) is 0 Å². The first-order valence-corrected chi connectivity index (χ1v) is 10.5. The quantitative estimate of drug-likeness (QED) is 0.342. The Hall–Kier alpha value is -4.82. The van der Waals surface area contributed by atoms with Gasteiger partial charge in [0.2, 0.25) is 5.43 Å². The number of hydrogen-bond acceptors (Lipinski definition) is 8. The van der Waals surface area contributed by atoms with Gasteiger partial charge in [-0.05, 0) is 31.2 Å². The molecule has 3 N–H and O–H groups in total. The molecule has 1 aromatic carbocycles. The fourth-order valence-electron chi connectivity index (χ4n) is 3.07. The number of aliphatic carboxylic acids is 1. The molecule has 0 fully saturated rings. The molecule has 0 saturated carbocycles. The number of carboxylic acid groups (broad SMARTS) is 1. The zero-order valence-corrected chi connectivity index (χ0v) is 19.1. The van der Waals surface area contributed by atoms with Gasteiger partial charge in [0.25, 0.3) is 11.5 Å². The number of hydrogen-bond donors (Lipinski definition) is 3. The molecule has 0 saturated heterocycles. The fourth-order valence-corrected chi connectivity index (χ4v) is 3.07. The number of carbonyl (C=O) groups is 2. The van der Waals surface area contributed by atoms with E-state index in [-0.39, 0.29) is 34.5 Å². The number of carbonyl (C=O) groups excluding carboxylic acids is 1. The predicted octanol–water partition coefficient (Wildman–Crippen LogP) is 1.62. The summed E-state index contributed by atoms with van der Waals surface area (Å²) in [6, 6.07) is 10.1. The zero-order chi connectivity index (χ0) is 27.2. The van der Waals surface area contributed by atoms with Crippen LogP contribution in [0.3, 0.4) is 0 Å². The Morgan fingerprint density at radius 2 is 1.81 bits per heavy atom. The Labute approximate surface area is 204 Å². The van der Waals surface area contributed by atoms with Crippen LogP contribution >= 0.6 is 0 Å². The summed E-state index contributed by atoms with van der Waals surface area (Å²) in [4.78, 5) is 54.8. The molecule has 37 heavy (non-hydrogen) atoms. The Morgan fingerprint density at radius 1 is 1.11 bits per heavy atom. The minimum atomic E-state index is -5.08. The average molecular weight is 520 g/mol. The van der Waals surface area contributed by atoms with Gasteiger partial charge in [0, 0.05) is 24.2 Å².